The van der Waals surface area contributed by atoms with Crippen molar-refractivity contribution in [3.8, 4) is 5.75 Å². The highest BCUT2D eigenvalue weighted by Crippen LogP contribution is 2.24. The largest absolute Gasteiger partial charge is 0.497 e. The van der Waals surface area contributed by atoms with Gasteiger partial charge in [-0.3, -0.25) is 14.4 Å². The van der Waals surface area contributed by atoms with Crippen molar-refractivity contribution in [2.24, 2.45) is 0 Å². The Bertz CT molecular complexity index is 1200. The number of rotatable bonds is 6. The van der Waals surface area contributed by atoms with E-state index < -0.39 is 22.0 Å². The lowest BCUT2D eigenvalue weighted by Gasteiger charge is -2.26. The minimum Gasteiger partial charge on any atom is -0.497 e. The second-order valence-corrected chi connectivity index (χ2v) is 10.0. The summed E-state index contributed by atoms with van der Waals surface area (Å²) < 4.78 is 32.2. The van der Waals surface area contributed by atoms with Gasteiger partial charge in [0.25, 0.3) is 5.91 Å². The van der Waals surface area contributed by atoms with E-state index in [9.17, 15) is 22.8 Å². The molecule has 4 rings (SSSR count). The van der Waals surface area contributed by atoms with E-state index in [2.05, 4.69) is 10.6 Å². The third-order valence-electron chi connectivity index (χ3n) is 5.90. The van der Waals surface area contributed by atoms with Crippen LogP contribution in [0.2, 0.25) is 0 Å². The zero-order chi connectivity index (χ0) is 24.3. The van der Waals surface area contributed by atoms with Gasteiger partial charge in [0.2, 0.25) is 21.8 Å². The van der Waals surface area contributed by atoms with Crippen LogP contribution in [0.3, 0.4) is 0 Å². The molecule has 1 unspecified atom stereocenters. The zero-order valence-electron chi connectivity index (χ0n) is 18.7. The average molecular weight is 487 g/mol. The first-order valence-electron chi connectivity index (χ1n) is 10.9. The van der Waals surface area contributed by atoms with Crippen molar-refractivity contribution in [3.05, 3.63) is 54.1 Å². The van der Waals surface area contributed by atoms with Crippen LogP contribution in [0.15, 0.2) is 53.4 Å². The Morgan fingerprint density at radius 2 is 1.88 bits per heavy atom. The van der Waals surface area contributed by atoms with Crippen LogP contribution >= 0.6 is 0 Å². The van der Waals surface area contributed by atoms with Crippen molar-refractivity contribution >= 4 is 33.4 Å². The van der Waals surface area contributed by atoms with Gasteiger partial charge in [0.15, 0.2) is 0 Å². The van der Waals surface area contributed by atoms with Crippen molar-refractivity contribution in [1.82, 2.24) is 14.5 Å². The van der Waals surface area contributed by atoms with Gasteiger partial charge in [-0.25, -0.2) is 8.42 Å². The van der Waals surface area contributed by atoms with Gasteiger partial charge < -0.3 is 20.3 Å². The molecule has 0 radical (unpaired) electrons. The first kappa shape index (κ1) is 23.7. The number of amides is 3. The number of likely N-dealkylation sites (tertiary alicyclic amines) is 1. The summed E-state index contributed by atoms with van der Waals surface area (Å²) in [7, 11) is -2.38. The normalized spacial score (nSPS) is 18.9. The molecule has 1 atom stereocenters. The topological polar surface area (TPSA) is 125 Å². The Balaban J connectivity index is 1.50. The quantitative estimate of drug-likeness (QED) is 0.629. The molecule has 0 saturated carbocycles. The summed E-state index contributed by atoms with van der Waals surface area (Å²) in [4.78, 5) is 39.2. The summed E-state index contributed by atoms with van der Waals surface area (Å²) in [5.74, 6) is -0.430. The molecule has 0 spiro atoms. The molecule has 0 bridgehead atoms. The van der Waals surface area contributed by atoms with Crippen LogP contribution in [-0.2, 0) is 19.6 Å². The Labute approximate surface area is 197 Å². The summed E-state index contributed by atoms with van der Waals surface area (Å²) >= 11 is 0. The molecule has 3 amide bonds. The molecule has 2 heterocycles. The summed E-state index contributed by atoms with van der Waals surface area (Å²) in [5.41, 5.74) is 0.760. The summed E-state index contributed by atoms with van der Waals surface area (Å²) in [6.45, 7) is 0.518. The number of carbonyl (C=O) groups excluding carboxylic acids is 3. The predicted molar refractivity (Wildman–Crippen MR) is 124 cm³/mol. The fraction of sp³-hybridized carbons (Fsp3) is 0.348. The molecule has 2 aliphatic rings. The molecule has 2 aromatic carbocycles. The van der Waals surface area contributed by atoms with Crippen LogP contribution in [-0.4, -0.2) is 74.7 Å². The Kier molecular flexibility index (Phi) is 6.85. The molecule has 34 heavy (non-hydrogen) atoms. The molecule has 2 fully saturated rings. The smallest absolute Gasteiger partial charge is 0.254 e. The van der Waals surface area contributed by atoms with Gasteiger partial charge in [-0.05, 0) is 55.3 Å². The molecule has 10 nitrogen and oxygen atoms in total. The van der Waals surface area contributed by atoms with Crippen molar-refractivity contribution in [1.29, 1.82) is 0 Å². The average Bonchev–Trinajstić information content (AvgIpc) is 3.34. The van der Waals surface area contributed by atoms with Crippen molar-refractivity contribution < 1.29 is 27.5 Å². The van der Waals surface area contributed by atoms with Gasteiger partial charge in [-0.15, -0.1) is 0 Å². The first-order valence-corrected chi connectivity index (χ1v) is 12.4. The molecule has 180 valence electrons. The van der Waals surface area contributed by atoms with E-state index in [4.69, 9.17) is 4.74 Å². The lowest BCUT2D eigenvalue weighted by molar-refractivity contribution is -0.122. The van der Waals surface area contributed by atoms with E-state index in [1.54, 1.807) is 31.4 Å². The van der Waals surface area contributed by atoms with E-state index in [0.29, 0.717) is 30.8 Å². The third kappa shape index (κ3) is 4.90. The van der Waals surface area contributed by atoms with Gasteiger partial charge >= 0.3 is 0 Å². The molecule has 2 saturated heterocycles. The molecule has 2 N–H and O–H groups in total. The summed E-state index contributed by atoms with van der Waals surface area (Å²) in [6.07, 6.45) is 1.17. The lowest BCUT2D eigenvalue weighted by atomic mass is 10.1. The highest BCUT2D eigenvalue weighted by molar-refractivity contribution is 7.89. The van der Waals surface area contributed by atoms with Crippen LogP contribution in [0, 0.1) is 0 Å². The highest BCUT2D eigenvalue weighted by Gasteiger charge is 2.35. The summed E-state index contributed by atoms with van der Waals surface area (Å²) in [5, 5.41) is 5.42. The molecule has 0 aliphatic carbocycles. The SMILES string of the molecule is COc1ccc(NC(=O)C2CCCN2C(=O)c2cccc(S(=O)(=O)N3CCNC(=O)C3)c2)cc1. The number of nitrogens with zero attached hydrogens (tertiary/aromatic N) is 2. The number of hydrogen-bond donors (Lipinski definition) is 2. The number of ether oxygens (including phenoxy) is 1. The van der Waals surface area contributed by atoms with Gasteiger partial charge in [-0.1, -0.05) is 6.07 Å². The van der Waals surface area contributed by atoms with E-state index in [0.717, 1.165) is 4.31 Å². The van der Waals surface area contributed by atoms with Crippen LogP contribution < -0.4 is 15.4 Å². The van der Waals surface area contributed by atoms with Crippen molar-refractivity contribution in [3.63, 3.8) is 0 Å². The van der Waals surface area contributed by atoms with Crippen LogP contribution in [0.25, 0.3) is 0 Å². The second-order valence-electron chi connectivity index (χ2n) is 8.09. The van der Waals surface area contributed by atoms with E-state index in [-0.39, 0.29) is 41.9 Å². The molecular formula is C23H26N4O6S. The lowest BCUT2D eigenvalue weighted by Crippen LogP contribution is -2.49. The highest BCUT2D eigenvalue weighted by atomic mass is 32.2. The fourth-order valence-corrected chi connectivity index (χ4v) is 5.55. The number of methoxy groups -OCH3 is 1. The zero-order valence-corrected chi connectivity index (χ0v) is 19.5. The van der Waals surface area contributed by atoms with Gasteiger partial charge in [-0.2, -0.15) is 4.31 Å². The molecule has 2 aliphatic heterocycles. The van der Waals surface area contributed by atoms with E-state index in [1.165, 1.54) is 29.2 Å². The maximum atomic E-state index is 13.3. The standard InChI is InChI=1S/C23H26N4O6S/c1-33-18-9-7-17(8-10-18)25-22(29)20-6-3-12-27(20)23(30)16-4-2-5-19(14-16)34(31,32)26-13-11-24-21(28)15-26/h2,4-5,7-10,14,20H,3,6,11-13,15H2,1H3,(H,24,28)(H,25,29). The number of anilines is 1. The minimum absolute atomic E-state index is 0.0634. The van der Waals surface area contributed by atoms with Crippen LogP contribution in [0.1, 0.15) is 23.2 Å². The second kappa shape index (κ2) is 9.82. The van der Waals surface area contributed by atoms with Crippen molar-refractivity contribution in [2.45, 2.75) is 23.8 Å². The Morgan fingerprint density at radius 1 is 1.12 bits per heavy atom. The van der Waals surface area contributed by atoms with Crippen LogP contribution in [0.4, 0.5) is 5.69 Å². The Morgan fingerprint density at radius 3 is 2.59 bits per heavy atom. The monoisotopic (exact) mass is 486 g/mol. The fourth-order valence-electron chi connectivity index (χ4n) is 4.11. The molecule has 11 heteroatoms. The maximum absolute atomic E-state index is 13.3. The number of sulfonamides is 1. The maximum Gasteiger partial charge on any atom is 0.254 e. The number of benzene rings is 2. The van der Waals surface area contributed by atoms with Gasteiger partial charge in [0.05, 0.1) is 18.6 Å². The molecular weight excluding hydrogens is 460 g/mol. The molecule has 0 aromatic heterocycles. The van der Waals surface area contributed by atoms with Crippen molar-refractivity contribution in [2.75, 3.05) is 38.6 Å². The molecule has 2 aromatic rings. The van der Waals surface area contributed by atoms with Gasteiger partial charge in [0, 0.05) is 30.9 Å². The van der Waals surface area contributed by atoms with E-state index >= 15 is 0 Å². The Hall–Kier alpha value is -3.44. The number of carbonyl (C=O) groups is 3. The first-order chi connectivity index (χ1) is 16.3. The third-order valence-corrected chi connectivity index (χ3v) is 7.74. The minimum atomic E-state index is -3.94. The van der Waals surface area contributed by atoms with E-state index in [1.807, 2.05) is 0 Å². The number of piperazine rings is 1. The van der Waals surface area contributed by atoms with Crippen LogP contribution in [0.5, 0.6) is 5.75 Å². The van der Waals surface area contributed by atoms with Gasteiger partial charge in [0.1, 0.15) is 11.8 Å². The number of hydrogen-bond acceptors (Lipinski definition) is 6. The number of nitrogens with one attached hydrogen (secondary N) is 2. The summed E-state index contributed by atoms with van der Waals surface area (Å²) in [6, 6.07) is 11.9. The predicted octanol–water partition coefficient (Wildman–Crippen LogP) is 1.06.